The molecule has 1 fully saturated rings. The van der Waals surface area contributed by atoms with Crippen LogP contribution in [0.3, 0.4) is 0 Å². The van der Waals surface area contributed by atoms with E-state index < -0.39 is 0 Å². The SMILES string of the molecule is C=CC1CCC(C(=C)C)CC1. The summed E-state index contributed by atoms with van der Waals surface area (Å²) in [7, 11) is 0. The van der Waals surface area contributed by atoms with E-state index in [4.69, 9.17) is 0 Å². The highest BCUT2D eigenvalue weighted by Gasteiger charge is 2.18. The molecular weight excluding hydrogens is 132 g/mol. The Labute approximate surface area is 70.0 Å². The van der Waals surface area contributed by atoms with Crippen molar-refractivity contribution in [3.8, 4) is 0 Å². The van der Waals surface area contributed by atoms with Crippen molar-refractivity contribution in [1.82, 2.24) is 0 Å². The van der Waals surface area contributed by atoms with Crippen LogP contribution in [0.15, 0.2) is 24.8 Å². The summed E-state index contributed by atoms with van der Waals surface area (Å²) in [4.78, 5) is 0. The van der Waals surface area contributed by atoms with Crippen LogP contribution in [0, 0.1) is 11.8 Å². The van der Waals surface area contributed by atoms with E-state index in [-0.39, 0.29) is 0 Å². The lowest BCUT2D eigenvalue weighted by molar-refractivity contribution is 0.345. The topological polar surface area (TPSA) is 0 Å². The lowest BCUT2D eigenvalue weighted by atomic mass is 9.79. The van der Waals surface area contributed by atoms with Crippen molar-refractivity contribution in [2.45, 2.75) is 32.6 Å². The predicted octanol–water partition coefficient (Wildman–Crippen LogP) is 3.55. The highest BCUT2D eigenvalue weighted by molar-refractivity contribution is 4.99. The standard InChI is InChI=1S/C11H18/c1-4-10-5-7-11(8-6-10)9(2)3/h4,10-11H,1-2,5-8H2,3H3. The molecule has 0 aromatic rings. The molecule has 11 heavy (non-hydrogen) atoms. The van der Waals surface area contributed by atoms with E-state index in [9.17, 15) is 0 Å². The first-order valence-electron chi connectivity index (χ1n) is 4.52. The lowest BCUT2D eigenvalue weighted by Crippen LogP contribution is -2.13. The van der Waals surface area contributed by atoms with Gasteiger partial charge in [-0.05, 0) is 44.4 Å². The van der Waals surface area contributed by atoms with Crippen LogP contribution < -0.4 is 0 Å². The summed E-state index contributed by atoms with van der Waals surface area (Å²) in [6.45, 7) is 9.99. The monoisotopic (exact) mass is 150 g/mol. The number of hydrogen-bond donors (Lipinski definition) is 0. The van der Waals surface area contributed by atoms with Crippen molar-refractivity contribution >= 4 is 0 Å². The molecule has 0 aliphatic heterocycles. The Hall–Kier alpha value is -0.520. The van der Waals surface area contributed by atoms with Crippen LogP contribution in [-0.2, 0) is 0 Å². The molecule has 0 heteroatoms. The Kier molecular flexibility index (Phi) is 2.92. The quantitative estimate of drug-likeness (QED) is 0.528. The normalized spacial score (nSPS) is 31.4. The van der Waals surface area contributed by atoms with Crippen LogP contribution in [0.4, 0.5) is 0 Å². The van der Waals surface area contributed by atoms with Crippen LogP contribution in [0.25, 0.3) is 0 Å². The van der Waals surface area contributed by atoms with Crippen LogP contribution in [-0.4, -0.2) is 0 Å². The predicted molar refractivity (Wildman–Crippen MR) is 50.5 cm³/mol. The zero-order valence-electron chi connectivity index (χ0n) is 7.47. The molecule has 1 saturated carbocycles. The summed E-state index contributed by atoms with van der Waals surface area (Å²) in [6.07, 6.45) is 7.40. The molecule has 0 N–H and O–H groups in total. The van der Waals surface area contributed by atoms with Gasteiger partial charge in [-0.15, -0.1) is 6.58 Å². The molecule has 0 unspecified atom stereocenters. The maximum Gasteiger partial charge on any atom is -0.0208 e. The van der Waals surface area contributed by atoms with Crippen LogP contribution in [0.1, 0.15) is 32.6 Å². The molecule has 0 aromatic carbocycles. The molecule has 0 saturated heterocycles. The second kappa shape index (κ2) is 3.75. The van der Waals surface area contributed by atoms with Gasteiger partial charge in [0, 0.05) is 0 Å². The minimum Gasteiger partial charge on any atom is -0.103 e. The van der Waals surface area contributed by atoms with Gasteiger partial charge < -0.3 is 0 Å². The van der Waals surface area contributed by atoms with Crippen molar-refractivity contribution in [1.29, 1.82) is 0 Å². The first-order chi connectivity index (χ1) is 5.24. The second-order valence-electron chi connectivity index (χ2n) is 3.69. The smallest absolute Gasteiger partial charge is 0.0208 e. The van der Waals surface area contributed by atoms with Crippen LogP contribution in [0.2, 0.25) is 0 Å². The molecule has 1 rings (SSSR count). The second-order valence-corrected chi connectivity index (χ2v) is 3.69. The summed E-state index contributed by atoms with van der Waals surface area (Å²) in [5.74, 6) is 1.58. The summed E-state index contributed by atoms with van der Waals surface area (Å²) < 4.78 is 0. The molecule has 0 bridgehead atoms. The zero-order chi connectivity index (χ0) is 8.27. The van der Waals surface area contributed by atoms with Crippen LogP contribution >= 0.6 is 0 Å². The summed E-state index contributed by atoms with van der Waals surface area (Å²) in [5.41, 5.74) is 1.37. The van der Waals surface area contributed by atoms with Gasteiger partial charge in [0.15, 0.2) is 0 Å². The van der Waals surface area contributed by atoms with E-state index in [2.05, 4.69) is 26.2 Å². The van der Waals surface area contributed by atoms with Gasteiger partial charge in [0.25, 0.3) is 0 Å². The highest BCUT2D eigenvalue weighted by Crippen LogP contribution is 2.32. The highest BCUT2D eigenvalue weighted by atomic mass is 14.2. The molecule has 0 nitrogen and oxygen atoms in total. The Bertz CT molecular complexity index is 147. The molecule has 1 aliphatic rings. The van der Waals surface area contributed by atoms with E-state index in [1.165, 1.54) is 31.3 Å². The summed E-state index contributed by atoms with van der Waals surface area (Å²) in [6, 6.07) is 0. The van der Waals surface area contributed by atoms with E-state index in [0.29, 0.717) is 0 Å². The number of rotatable bonds is 2. The van der Waals surface area contributed by atoms with E-state index in [0.717, 1.165) is 11.8 Å². The largest absolute Gasteiger partial charge is 0.103 e. The molecule has 0 heterocycles. The first kappa shape index (κ1) is 8.58. The molecule has 0 amide bonds. The number of allylic oxidation sites excluding steroid dienone is 2. The van der Waals surface area contributed by atoms with E-state index in [1.807, 2.05) is 0 Å². The van der Waals surface area contributed by atoms with Gasteiger partial charge >= 0.3 is 0 Å². The first-order valence-corrected chi connectivity index (χ1v) is 4.52. The maximum atomic E-state index is 4.00. The molecule has 0 aromatic heterocycles. The van der Waals surface area contributed by atoms with Gasteiger partial charge in [-0.25, -0.2) is 0 Å². The third-order valence-electron chi connectivity index (χ3n) is 2.80. The minimum absolute atomic E-state index is 0.783. The van der Waals surface area contributed by atoms with Gasteiger partial charge in [0.1, 0.15) is 0 Å². The van der Waals surface area contributed by atoms with Gasteiger partial charge in [-0.3, -0.25) is 0 Å². The van der Waals surface area contributed by atoms with Crippen molar-refractivity contribution in [3.05, 3.63) is 24.8 Å². The number of hydrogen-bond acceptors (Lipinski definition) is 0. The van der Waals surface area contributed by atoms with Crippen molar-refractivity contribution in [2.75, 3.05) is 0 Å². The lowest BCUT2D eigenvalue weighted by Gasteiger charge is -2.26. The fourth-order valence-electron chi connectivity index (χ4n) is 1.85. The van der Waals surface area contributed by atoms with Gasteiger partial charge in [0.2, 0.25) is 0 Å². The molecule has 1 aliphatic carbocycles. The maximum absolute atomic E-state index is 4.00. The molecular formula is C11H18. The fraction of sp³-hybridized carbons (Fsp3) is 0.636. The summed E-state index contributed by atoms with van der Waals surface area (Å²) >= 11 is 0. The molecule has 62 valence electrons. The Morgan fingerprint density at radius 2 is 1.82 bits per heavy atom. The summed E-state index contributed by atoms with van der Waals surface area (Å²) in [5, 5.41) is 0. The van der Waals surface area contributed by atoms with Crippen LogP contribution in [0.5, 0.6) is 0 Å². The third kappa shape index (κ3) is 2.21. The fourth-order valence-corrected chi connectivity index (χ4v) is 1.85. The molecule has 0 spiro atoms. The Morgan fingerprint density at radius 1 is 1.27 bits per heavy atom. The van der Waals surface area contributed by atoms with E-state index in [1.54, 1.807) is 0 Å². The average Bonchev–Trinajstić information content (AvgIpc) is 2.05. The average molecular weight is 150 g/mol. The van der Waals surface area contributed by atoms with Gasteiger partial charge in [-0.2, -0.15) is 0 Å². The zero-order valence-corrected chi connectivity index (χ0v) is 7.47. The Morgan fingerprint density at radius 3 is 2.18 bits per heavy atom. The van der Waals surface area contributed by atoms with Gasteiger partial charge in [0.05, 0.1) is 0 Å². The van der Waals surface area contributed by atoms with Gasteiger partial charge in [-0.1, -0.05) is 18.2 Å². The van der Waals surface area contributed by atoms with Crippen molar-refractivity contribution in [3.63, 3.8) is 0 Å². The van der Waals surface area contributed by atoms with E-state index >= 15 is 0 Å². The third-order valence-corrected chi connectivity index (χ3v) is 2.80. The van der Waals surface area contributed by atoms with Crippen molar-refractivity contribution in [2.24, 2.45) is 11.8 Å². The minimum atomic E-state index is 0.783. The molecule has 0 atom stereocenters. The molecule has 0 radical (unpaired) electrons. The Balaban J connectivity index is 2.35. The van der Waals surface area contributed by atoms with Crippen molar-refractivity contribution < 1.29 is 0 Å².